The van der Waals surface area contributed by atoms with Gasteiger partial charge in [0.05, 0.1) is 23.0 Å². The van der Waals surface area contributed by atoms with Crippen LogP contribution in [0.15, 0.2) is 61.2 Å². The van der Waals surface area contributed by atoms with E-state index in [4.69, 9.17) is 24.9 Å². The Labute approximate surface area is 296 Å². The van der Waals surface area contributed by atoms with Crippen LogP contribution in [0.2, 0.25) is 0 Å². The Balaban J connectivity index is 0.956. The highest BCUT2D eigenvalue weighted by molar-refractivity contribution is 5.97. The first-order valence-electron chi connectivity index (χ1n) is 18.0. The van der Waals surface area contributed by atoms with Crippen molar-refractivity contribution in [2.24, 2.45) is 5.92 Å². The summed E-state index contributed by atoms with van der Waals surface area (Å²) in [4.78, 5) is 45.8. The number of fused-ring (bicyclic) bond motifs is 2. The Hall–Kier alpha value is -5.23. The van der Waals surface area contributed by atoms with Gasteiger partial charge in [0.2, 0.25) is 11.9 Å². The van der Waals surface area contributed by atoms with E-state index in [0.717, 1.165) is 116 Å². The lowest BCUT2D eigenvalue weighted by Gasteiger charge is -2.32. The van der Waals surface area contributed by atoms with Crippen LogP contribution in [-0.2, 0) is 28.9 Å². The number of carboxylic acid groups (broad SMARTS) is 1. The largest absolute Gasteiger partial charge is 0.478 e. The molecule has 3 aliphatic heterocycles. The molecule has 2 fully saturated rings. The zero-order valence-electron chi connectivity index (χ0n) is 28.9. The third-order valence-electron chi connectivity index (χ3n) is 10.8. The number of carbonyl (C=O) groups excluding carboxylic acids is 1. The average molecular weight is 687 g/mol. The number of piperidine rings is 1. The number of amides is 1. The summed E-state index contributed by atoms with van der Waals surface area (Å²) in [5, 5.41) is 16.5. The van der Waals surface area contributed by atoms with Crippen molar-refractivity contribution in [3.63, 3.8) is 0 Å². The molecular weight excluding hydrogens is 644 g/mol. The second kappa shape index (κ2) is 14.2. The molecule has 1 amide bonds. The minimum absolute atomic E-state index is 0.0918. The van der Waals surface area contributed by atoms with Gasteiger partial charge in [0.15, 0.2) is 0 Å². The van der Waals surface area contributed by atoms with E-state index in [0.29, 0.717) is 31.0 Å². The van der Waals surface area contributed by atoms with Gasteiger partial charge in [-0.3, -0.25) is 19.4 Å². The van der Waals surface area contributed by atoms with Gasteiger partial charge >= 0.3 is 5.97 Å². The van der Waals surface area contributed by atoms with Crippen molar-refractivity contribution < 1.29 is 19.4 Å². The number of hydrogen-bond donors (Lipinski definition) is 1. The number of hydrogen-bond acceptors (Lipinski definition) is 9. The standard InChI is InChI=1S/C39H42N8O4/c1-25(48)46-16-11-36-34(24-46)37(44-47(36)31-12-17-51-18-13-31)32-4-2-3-27-19-35(41-23-33(27)32)28-6-8-30(40-20-28)7-5-26-9-14-45(15-10-26)39-42-21-29(22-43-39)38(49)50/h2-4,6,8,19-23,26,31H,5,7,9-18,24H2,1H3,(H,49,50). The minimum Gasteiger partial charge on any atom is -0.478 e. The molecule has 1 N–H and O–H groups in total. The van der Waals surface area contributed by atoms with E-state index in [1.165, 1.54) is 18.1 Å². The predicted octanol–water partition coefficient (Wildman–Crippen LogP) is 5.75. The quantitative estimate of drug-likeness (QED) is 0.215. The van der Waals surface area contributed by atoms with Crippen molar-refractivity contribution in [1.82, 2.24) is 34.6 Å². The lowest BCUT2D eigenvalue weighted by atomic mass is 9.91. The molecule has 0 atom stereocenters. The zero-order chi connectivity index (χ0) is 34.9. The molecule has 262 valence electrons. The highest BCUT2D eigenvalue weighted by atomic mass is 16.5. The van der Waals surface area contributed by atoms with Gasteiger partial charge in [-0.25, -0.2) is 14.8 Å². The maximum Gasteiger partial charge on any atom is 0.338 e. The molecule has 3 aliphatic rings. The smallest absolute Gasteiger partial charge is 0.338 e. The summed E-state index contributed by atoms with van der Waals surface area (Å²) < 4.78 is 7.89. The molecule has 4 aromatic heterocycles. The summed E-state index contributed by atoms with van der Waals surface area (Å²) in [5.74, 6) is 0.263. The van der Waals surface area contributed by atoms with Crippen molar-refractivity contribution in [1.29, 1.82) is 0 Å². The topological polar surface area (TPSA) is 139 Å². The van der Waals surface area contributed by atoms with Crippen LogP contribution >= 0.6 is 0 Å². The molecular formula is C39H42N8O4. The Morgan fingerprint density at radius 1 is 0.922 bits per heavy atom. The monoisotopic (exact) mass is 686 g/mol. The first-order valence-corrected chi connectivity index (χ1v) is 18.0. The van der Waals surface area contributed by atoms with Crippen LogP contribution in [0.3, 0.4) is 0 Å². The number of nitrogens with zero attached hydrogens (tertiary/aromatic N) is 8. The van der Waals surface area contributed by atoms with Gasteiger partial charge in [0, 0.05) is 111 Å². The third-order valence-corrected chi connectivity index (χ3v) is 10.8. The molecule has 12 nitrogen and oxygen atoms in total. The lowest BCUT2D eigenvalue weighted by Crippen LogP contribution is -2.35. The van der Waals surface area contributed by atoms with Crippen LogP contribution in [0, 0.1) is 5.92 Å². The SMILES string of the molecule is CC(=O)N1CCc2c(c(-c3cccc4cc(-c5ccc(CCC6CCN(c7ncc(C(=O)O)cn7)CC6)nc5)ncc34)nn2C2CCOCC2)C1. The van der Waals surface area contributed by atoms with E-state index in [9.17, 15) is 9.59 Å². The Kier molecular flexibility index (Phi) is 9.16. The number of pyridine rings is 2. The zero-order valence-corrected chi connectivity index (χ0v) is 28.9. The summed E-state index contributed by atoms with van der Waals surface area (Å²) in [5.41, 5.74) is 7.40. The summed E-state index contributed by atoms with van der Waals surface area (Å²) in [7, 11) is 0. The second-order valence-electron chi connectivity index (χ2n) is 13.9. The number of aromatic nitrogens is 6. The summed E-state index contributed by atoms with van der Waals surface area (Å²) in [6.07, 6.45) is 13.4. The van der Waals surface area contributed by atoms with E-state index in [2.05, 4.69) is 55.9 Å². The summed E-state index contributed by atoms with van der Waals surface area (Å²) in [6.45, 7) is 6.14. The van der Waals surface area contributed by atoms with Crippen molar-refractivity contribution >= 4 is 28.6 Å². The molecule has 7 heterocycles. The molecule has 8 rings (SSSR count). The molecule has 0 saturated carbocycles. The number of benzene rings is 1. The molecule has 5 aromatic rings. The first-order chi connectivity index (χ1) is 24.9. The molecule has 0 bridgehead atoms. The van der Waals surface area contributed by atoms with Crippen molar-refractivity contribution in [2.75, 3.05) is 37.7 Å². The minimum atomic E-state index is -1.02. The molecule has 0 spiro atoms. The number of aromatic carboxylic acids is 1. The van der Waals surface area contributed by atoms with Gasteiger partial charge in [-0.2, -0.15) is 5.10 Å². The number of ether oxygens (including phenoxy) is 1. The van der Waals surface area contributed by atoms with Crippen LogP contribution in [0.5, 0.6) is 0 Å². The van der Waals surface area contributed by atoms with Gasteiger partial charge in [-0.05, 0) is 68.0 Å². The van der Waals surface area contributed by atoms with Crippen LogP contribution in [0.4, 0.5) is 5.95 Å². The van der Waals surface area contributed by atoms with Gasteiger partial charge in [0.25, 0.3) is 0 Å². The van der Waals surface area contributed by atoms with E-state index in [-0.39, 0.29) is 11.5 Å². The average Bonchev–Trinajstić information content (AvgIpc) is 3.56. The third kappa shape index (κ3) is 6.80. The predicted molar refractivity (Wildman–Crippen MR) is 192 cm³/mol. The second-order valence-corrected chi connectivity index (χ2v) is 13.9. The fourth-order valence-electron chi connectivity index (χ4n) is 7.79. The molecule has 51 heavy (non-hydrogen) atoms. The molecule has 1 aromatic carbocycles. The lowest BCUT2D eigenvalue weighted by molar-refractivity contribution is -0.129. The van der Waals surface area contributed by atoms with E-state index < -0.39 is 5.97 Å². The normalized spacial score (nSPS) is 17.1. The van der Waals surface area contributed by atoms with Crippen LogP contribution in [0.1, 0.15) is 72.4 Å². The highest BCUT2D eigenvalue weighted by Crippen LogP contribution is 2.37. The van der Waals surface area contributed by atoms with Crippen molar-refractivity contribution in [3.05, 3.63) is 83.7 Å². The van der Waals surface area contributed by atoms with E-state index in [1.807, 2.05) is 17.3 Å². The molecule has 2 saturated heterocycles. The van der Waals surface area contributed by atoms with E-state index >= 15 is 0 Å². The summed E-state index contributed by atoms with van der Waals surface area (Å²) in [6, 6.07) is 13.0. The number of aryl methyl sites for hydroxylation is 1. The van der Waals surface area contributed by atoms with E-state index in [1.54, 1.807) is 6.92 Å². The van der Waals surface area contributed by atoms with Crippen LogP contribution in [-0.4, -0.2) is 84.4 Å². The maximum atomic E-state index is 12.4. The fourth-order valence-corrected chi connectivity index (χ4v) is 7.79. The Bertz CT molecular complexity index is 2050. The molecule has 0 radical (unpaired) electrons. The Morgan fingerprint density at radius 3 is 2.45 bits per heavy atom. The maximum absolute atomic E-state index is 12.4. The fraction of sp³-hybridized carbons (Fsp3) is 0.410. The van der Waals surface area contributed by atoms with Gasteiger partial charge in [-0.15, -0.1) is 0 Å². The number of carboxylic acids is 1. The van der Waals surface area contributed by atoms with Crippen molar-refractivity contribution in [2.45, 2.75) is 64.5 Å². The number of anilines is 1. The molecule has 12 heteroatoms. The Morgan fingerprint density at radius 2 is 1.73 bits per heavy atom. The number of carbonyl (C=O) groups is 2. The first kappa shape index (κ1) is 32.9. The van der Waals surface area contributed by atoms with Gasteiger partial charge in [0.1, 0.15) is 0 Å². The van der Waals surface area contributed by atoms with Gasteiger partial charge < -0.3 is 19.6 Å². The summed E-state index contributed by atoms with van der Waals surface area (Å²) >= 11 is 0. The molecule has 0 unspecified atom stereocenters. The van der Waals surface area contributed by atoms with Crippen LogP contribution in [0.25, 0.3) is 33.3 Å². The van der Waals surface area contributed by atoms with Crippen LogP contribution < -0.4 is 4.90 Å². The van der Waals surface area contributed by atoms with Gasteiger partial charge in [-0.1, -0.05) is 18.2 Å². The highest BCUT2D eigenvalue weighted by Gasteiger charge is 2.31. The van der Waals surface area contributed by atoms with Crippen molar-refractivity contribution in [3.8, 4) is 22.5 Å². The molecule has 0 aliphatic carbocycles. The number of rotatable bonds is 8.